The molecule has 0 spiro atoms. The van der Waals surface area contributed by atoms with Crippen LogP contribution in [0.5, 0.6) is 17.2 Å². The molecule has 0 aromatic heterocycles. The van der Waals surface area contributed by atoms with Crippen LogP contribution in [0.1, 0.15) is 43.0 Å². The molecule has 0 unspecified atom stereocenters. The fourth-order valence-electron chi connectivity index (χ4n) is 4.19. The van der Waals surface area contributed by atoms with Gasteiger partial charge < -0.3 is 19.5 Å². The molecule has 0 saturated heterocycles. The molecule has 2 aromatic rings. The monoisotopic (exact) mass is 412 g/mol. The van der Waals surface area contributed by atoms with Crippen LogP contribution in [0.2, 0.25) is 0 Å². The molecular weight excluding hydrogens is 380 g/mol. The van der Waals surface area contributed by atoms with E-state index in [-0.39, 0.29) is 18.0 Å². The van der Waals surface area contributed by atoms with Crippen molar-refractivity contribution in [2.24, 2.45) is 0 Å². The molecular formula is C24H32N2O4. The molecule has 1 heterocycles. The lowest BCUT2D eigenvalue weighted by molar-refractivity contribution is -0.121. The molecule has 0 saturated carbocycles. The maximum atomic E-state index is 12.1. The Morgan fingerprint density at radius 3 is 2.37 bits per heavy atom. The Balaban J connectivity index is 1.96. The molecule has 2 atom stereocenters. The van der Waals surface area contributed by atoms with Gasteiger partial charge in [-0.25, -0.2) is 0 Å². The first-order valence-corrected chi connectivity index (χ1v) is 10.4. The summed E-state index contributed by atoms with van der Waals surface area (Å²) in [6.45, 7) is 5.63. The summed E-state index contributed by atoms with van der Waals surface area (Å²) in [5, 5.41) is 3.17. The minimum Gasteiger partial charge on any atom is -0.497 e. The van der Waals surface area contributed by atoms with E-state index >= 15 is 0 Å². The molecule has 1 aliphatic rings. The Bertz CT molecular complexity index is 866. The fourth-order valence-corrected chi connectivity index (χ4v) is 4.19. The Morgan fingerprint density at radius 2 is 1.77 bits per heavy atom. The van der Waals surface area contributed by atoms with Crippen molar-refractivity contribution in [2.45, 2.75) is 45.3 Å². The smallest absolute Gasteiger partial charge is 0.219 e. The summed E-state index contributed by atoms with van der Waals surface area (Å²) < 4.78 is 16.4. The average Bonchev–Trinajstić information content (AvgIpc) is 2.78. The highest BCUT2D eigenvalue weighted by Crippen LogP contribution is 2.40. The molecule has 1 N–H and O–H groups in total. The first kappa shape index (κ1) is 22.0. The van der Waals surface area contributed by atoms with Gasteiger partial charge in [-0.1, -0.05) is 19.1 Å². The third-order valence-corrected chi connectivity index (χ3v) is 5.75. The first-order chi connectivity index (χ1) is 14.5. The maximum absolute atomic E-state index is 12.1. The SMILES string of the molecule is CCC(=O)N[C@H](C)[C@@H]1c2cc(OC)c(OC)cc2CCN1Cc1ccc(OC)cc1. The number of carbonyl (C=O) groups excluding carboxylic acids is 1. The van der Waals surface area contributed by atoms with Gasteiger partial charge in [0.25, 0.3) is 0 Å². The Morgan fingerprint density at radius 1 is 1.10 bits per heavy atom. The van der Waals surface area contributed by atoms with Gasteiger partial charge in [0.05, 0.1) is 27.4 Å². The number of hydrogen-bond acceptors (Lipinski definition) is 5. The Hall–Kier alpha value is -2.73. The van der Waals surface area contributed by atoms with Crippen LogP contribution in [0.15, 0.2) is 36.4 Å². The first-order valence-electron chi connectivity index (χ1n) is 10.4. The summed E-state index contributed by atoms with van der Waals surface area (Å²) in [6.07, 6.45) is 1.38. The van der Waals surface area contributed by atoms with Crippen molar-refractivity contribution in [1.82, 2.24) is 10.2 Å². The van der Waals surface area contributed by atoms with E-state index in [4.69, 9.17) is 14.2 Å². The van der Waals surface area contributed by atoms with E-state index in [1.54, 1.807) is 21.3 Å². The zero-order chi connectivity index (χ0) is 21.7. The number of nitrogens with one attached hydrogen (secondary N) is 1. The van der Waals surface area contributed by atoms with E-state index in [1.165, 1.54) is 16.7 Å². The van der Waals surface area contributed by atoms with Crippen LogP contribution in [0.25, 0.3) is 0 Å². The summed E-state index contributed by atoms with van der Waals surface area (Å²) in [6, 6.07) is 12.3. The van der Waals surface area contributed by atoms with Crippen molar-refractivity contribution in [1.29, 1.82) is 0 Å². The van der Waals surface area contributed by atoms with Crippen molar-refractivity contribution >= 4 is 5.91 Å². The number of benzene rings is 2. The molecule has 6 heteroatoms. The minimum atomic E-state index is -0.0483. The molecule has 30 heavy (non-hydrogen) atoms. The second-order valence-electron chi connectivity index (χ2n) is 7.63. The van der Waals surface area contributed by atoms with Crippen LogP contribution in [0, 0.1) is 0 Å². The molecule has 0 radical (unpaired) electrons. The van der Waals surface area contributed by atoms with Gasteiger partial charge >= 0.3 is 0 Å². The molecule has 162 valence electrons. The van der Waals surface area contributed by atoms with Gasteiger partial charge in [-0.05, 0) is 54.3 Å². The summed E-state index contributed by atoms with van der Waals surface area (Å²) in [4.78, 5) is 14.6. The van der Waals surface area contributed by atoms with Gasteiger partial charge in [-0.15, -0.1) is 0 Å². The lowest BCUT2D eigenvalue weighted by atomic mass is 9.87. The van der Waals surface area contributed by atoms with Crippen molar-refractivity contribution in [2.75, 3.05) is 27.9 Å². The summed E-state index contributed by atoms with van der Waals surface area (Å²) >= 11 is 0. The van der Waals surface area contributed by atoms with E-state index in [2.05, 4.69) is 41.4 Å². The van der Waals surface area contributed by atoms with Crippen molar-refractivity contribution in [3.63, 3.8) is 0 Å². The molecule has 0 aliphatic carbocycles. The third-order valence-electron chi connectivity index (χ3n) is 5.75. The topological polar surface area (TPSA) is 60.0 Å². The van der Waals surface area contributed by atoms with Crippen molar-refractivity contribution < 1.29 is 19.0 Å². The van der Waals surface area contributed by atoms with Crippen molar-refractivity contribution in [3.05, 3.63) is 53.1 Å². The fraction of sp³-hybridized carbons (Fsp3) is 0.458. The number of nitrogens with zero attached hydrogens (tertiary/aromatic N) is 1. The largest absolute Gasteiger partial charge is 0.497 e. The number of amides is 1. The van der Waals surface area contributed by atoms with Crippen LogP contribution in [0.4, 0.5) is 0 Å². The molecule has 6 nitrogen and oxygen atoms in total. The summed E-state index contributed by atoms with van der Waals surface area (Å²) in [5.41, 5.74) is 3.62. The molecule has 1 amide bonds. The van der Waals surface area contributed by atoms with Crippen LogP contribution >= 0.6 is 0 Å². The number of hydrogen-bond donors (Lipinski definition) is 1. The van der Waals surface area contributed by atoms with E-state index in [1.807, 2.05) is 19.1 Å². The number of fused-ring (bicyclic) bond motifs is 1. The van der Waals surface area contributed by atoms with Gasteiger partial charge in [-0.2, -0.15) is 0 Å². The quantitative estimate of drug-likeness (QED) is 0.716. The van der Waals surface area contributed by atoms with Gasteiger partial charge in [0, 0.05) is 25.6 Å². The number of rotatable bonds is 8. The molecule has 3 rings (SSSR count). The van der Waals surface area contributed by atoms with E-state index in [9.17, 15) is 4.79 Å². The van der Waals surface area contributed by atoms with Crippen LogP contribution in [0.3, 0.4) is 0 Å². The van der Waals surface area contributed by atoms with E-state index < -0.39 is 0 Å². The highest BCUT2D eigenvalue weighted by molar-refractivity contribution is 5.76. The highest BCUT2D eigenvalue weighted by Gasteiger charge is 2.33. The van der Waals surface area contributed by atoms with Gasteiger partial charge in [-0.3, -0.25) is 9.69 Å². The minimum absolute atomic E-state index is 0.0335. The highest BCUT2D eigenvalue weighted by atomic mass is 16.5. The second-order valence-corrected chi connectivity index (χ2v) is 7.63. The van der Waals surface area contributed by atoms with E-state index in [0.717, 1.165) is 31.0 Å². The predicted octanol–water partition coefficient (Wildman–Crippen LogP) is 3.73. The average molecular weight is 413 g/mol. The number of ether oxygens (including phenoxy) is 3. The predicted molar refractivity (Wildman–Crippen MR) is 117 cm³/mol. The van der Waals surface area contributed by atoms with Gasteiger partial charge in [0.2, 0.25) is 5.91 Å². The van der Waals surface area contributed by atoms with Crippen LogP contribution < -0.4 is 19.5 Å². The lowest BCUT2D eigenvalue weighted by Crippen LogP contribution is -2.47. The molecule has 0 fully saturated rings. The molecule has 0 bridgehead atoms. The number of carbonyl (C=O) groups is 1. The maximum Gasteiger partial charge on any atom is 0.219 e. The normalized spacial score (nSPS) is 17.0. The molecule has 2 aromatic carbocycles. The summed E-state index contributed by atoms with van der Waals surface area (Å²) in [7, 11) is 4.98. The van der Waals surface area contributed by atoms with Crippen molar-refractivity contribution in [3.8, 4) is 17.2 Å². The second kappa shape index (κ2) is 9.85. The Labute approximate surface area is 179 Å². The van der Waals surface area contributed by atoms with E-state index in [0.29, 0.717) is 12.2 Å². The van der Waals surface area contributed by atoms with Crippen LogP contribution in [-0.4, -0.2) is 44.7 Å². The zero-order valence-corrected chi connectivity index (χ0v) is 18.5. The zero-order valence-electron chi connectivity index (χ0n) is 18.5. The summed E-state index contributed by atoms with van der Waals surface area (Å²) in [5.74, 6) is 2.35. The Kier molecular flexibility index (Phi) is 7.21. The van der Waals surface area contributed by atoms with Crippen LogP contribution in [-0.2, 0) is 17.8 Å². The third kappa shape index (κ3) is 4.70. The number of methoxy groups -OCH3 is 3. The van der Waals surface area contributed by atoms with Gasteiger partial charge in [0.1, 0.15) is 5.75 Å². The standard InChI is InChI=1S/C24H32N2O4/c1-6-23(27)25-16(2)24-20-14-22(30-5)21(29-4)13-18(20)11-12-26(24)15-17-7-9-19(28-3)10-8-17/h7-10,13-14,16,24H,6,11-12,15H2,1-5H3,(H,25,27)/t16-,24-/m1/s1. The lowest BCUT2D eigenvalue weighted by Gasteiger charge is -2.41. The molecule has 1 aliphatic heterocycles. The van der Waals surface area contributed by atoms with Gasteiger partial charge in [0.15, 0.2) is 11.5 Å².